The van der Waals surface area contributed by atoms with Gasteiger partial charge in [-0.3, -0.25) is 4.40 Å². The highest BCUT2D eigenvalue weighted by Gasteiger charge is 2.30. The van der Waals surface area contributed by atoms with Gasteiger partial charge in [0.25, 0.3) is 5.78 Å². The van der Waals surface area contributed by atoms with Crippen molar-refractivity contribution < 1.29 is 13.2 Å². The van der Waals surface area contributed by atoms with Gasteiger partial charge in [-0.1, -0.05) is 12.1 Å². The van der Waals surface area contributed by atoms with Crippen LogP contribution < -0.4 is 0 Å². The quantitative estimate of drug-likeness (QED) is 0.687. The summed E-state index contributed by atoms with van der Waals surface area (Å²) in [5.74, 6) is 1.03. The van der Waals surface area contributed by atoms with E-state index in [1.54, 1.807) is 29.7 Å². The number of aryl methyl sites for hydroxylation is 1. The number of halogens is 3. The Labute approximate surface area is 111 Å². The second-order valence-corrected chi connectivity index (χ2v) is 4.31. The minimum absolute atomic E-state index is 0.359. The topological polar surface area (TPSA) is 43.1 Å². The molecule has 102 valence electrons. The molecule has 0 saturated heterocycles. The number of hydrogen-bond acceptors (Lipinski definition) is 3. The third kappa shape index (κ3) is 2.11. The predicted octanol–water partition coefficient (Wildman–Crippen LogP) is 3.12. The van der Waals surface area contributed by atoms with Crippen LogP contribution in [0.3, 0.4) is 0 Å². The van der Waals surface area contributed by atoms with E-state index in [1.165, 1.54) is 6.07 Å². The number of alkyl halides is 3. The molecule has 0 aliphatic carbocycles. The Balaban J connectivity index is 2.11. The van der Waals surface area contributed by atoms with Gasteiger partial charge in [-0.2, -0.15) is 13.2 Å². The summed E-state index contributed by atoms with van der Waals surface area (Å²) in [6.07, 6.45) is -2.68. The zero-order valence-corrected chi connectivity index (χ0v) is 10.4. The van der Waals surface area contributed by atoms with Gasteiger partial charge in [0.2, 0.25) is 0 Å². The van der Waals surface area contributed by atoms with Crippen molar-refractivity contribution in [3.63, 3.8) is 0 Å². The second kappa shape index (κ2) is 4.29. The molecule has 1 aromatic carbocycles. The standard InChI is InChI=1S/C13H9F3N4/c1-8-18-19-12-17-11(5-6-20(8)12)9-3-2-4-10(7-9)13(14,15)16/h2-7H,1H3. The first kappa shape index (κ1) is 12.6. The fraction of sp³-hybridized carbons (Fsp3) is 0.154. The maximum atomic E-state index is 12.7. The highest BCUT2D eigenvalue weighted by molar-refractivity contribution is 5.61. The minimum Gasteiger partial charge on any atom is -0.271 e. The lowest BCUT2D eigenvalue weighted by atomic mass is 10.1. The average molecular weight is 278 g/mol. The lowest BCUT2D eigenvalue weighted by molar-refractivity contribution is -0.137. The van der Waals surface area contributed by atoms with Crippen molar-refractivity contribution in [1.29, 1.82) is 0 Å². The van der Waals surface area contributed by atoms with Crippen LogP contribution >= 0.6 is 0 Å². The van der Waals surface area contributed by atoms with E-state index in [0.717, 1.165) is 12.1 Å². The first-order valence-electron chi connectivity index (χ1n) is 5.81. The van der Waals surface area contributed by atoms with Crippen LogP contribution in [-0.4, -0.2) is 19.6 Å². The number of hydrogen-bond donors (Lipinski definition) is 0. The molecular formula is C13H9F3N4. The van der Waals surface area contributed by atoms with Crippen molar-refractivity contribution in [2.45, 2.75) is 13.1 Å². The lowest BCUT2D eigenvalue weighted by Crippen LogP contribution is -2.04. The number of fused-ring (bicyclic) bond motifs is 1. The maximum absolute atomic E-state index is 12.7. The number of nitrogens with zero attached hydrogens (tertiary/aromatic N) is 4. The Kier molecular flexibility index (Phi) is 2.70. The van der Waals surface area contributed by atoms with Gasteiger partial charge >= 0.3 is 6.18 Å². The van der Waals surface area contributed by atoms with E-state index in [2.05, 4.69) is 15.2 Å². The third-order valence-corrected chi connectivity index (χ3v) is 2.94. The summed E-state index contributed by atoms with van der Waals surface area (Å²) in [5.41, 5.74) is 0.119. The summed E-state index contributed by atoms with van der Waals surface area (Å²) >= 11 is 0. The zero-order valence-electron chi connectivity index (χ0n) is 10.4. The van der Waals surface area contributed by atoms with Gasteiger partial charge in [-0.05, 0) is 25.1 Å². The van der Waals surface area contributed by atoms with Crippen molar-refractivity contribution in [3.8, 4) is 11.3 Å². The lowest BCUT2D eigenvalue weighted by Gasteiger charge is -2.08. The first-order valence-corrected chi connectivity index (χ1v) is 5.81. The van der Waals surface area contributed by atoms with Crippen LogP contribution in [0.15, 0.2) is 36.5 Å². The third-order valence-electron chi connectivity index (χ3n) is 2.94. The molecular weight excluding hydrogens is 269 g/mol. The van der Waals surface area contributed by atoms with Crippen molar-refractivity contribution in [2.75, 3.05) is 0 Å². The summed E-state index contributed by atoms with van der Waals surface area (Å²) in [7, 11) is 0. The zero-order chi connectivity index (χ0) is 14.3. The second-order valence-electron chi connectivity index (χ2n) is 4.31. The molecule has 0 atom stereocenters. The monoisotopic (exact) mass is 278 g/mol. The molecule has 0 N–H and O–H groups in total. The summed E-state index contributed by atoms with van der Waals surface area (Å²) < 4.78 is 39.7. The number of benzene rings is 1. The summed E-state index contributed by atoms with van der Waals surface area (Å²) in [4.78, 5) is 4.21. The van der Waals surface area contributed by atoms with Crippen LogP contribution in [-0.2, 0) is 6.18 Å². The van der Waals surface area contributed by atoms with E-state index in [-0.39, 0.29) is 0 Å². The van der Waals surface area contributed by atoms with E-state index >= 15 is 0 Å². The first-order chi connectivity index (χ1) is 9.45. The molecule has 3 aromatic rings. The largest absolute Gasteiger partial charge is 0.416 e. The van der Waals surface area contributed by atoms with E-state index < -0.39 is 11.7 Å². The van der Waals surface area contributed by atoms with Crippen LogP contribution in [0.5, 0.6) is 0 Å². The SMILES string of the molecule is Cc1nnc2nc(-c3cccc(C(F)(F)F)c3)ccn12. The van der Waals surface area contributed by atoms with Gasteiger partial charge < -0.3 is 0 Å². The molecule has 7 heteroatoms. The Bertz CT molecular complexity index is 777. The average Bonchev–Trinajstić information content (AvgIpc) is 2.79. The Hall–Kier alpha value is -2.44. The minimum atomic E-state index is -4.37. The van der Waals surface area contributed by atoms with Crippen LogP contribution in [0.1, 0.15) is 11.4 Å². The Morgan fingerprint density at radius 2 is 1.90 bits per heavy atom. The van der Waals surface area contributed by atoms with Gasteiger partial charge in [0.15, 0.2) is 0 Å². The molecule has 2 aromatic heterocycles. The summed E-state index contributed by atoms with van der Waals surface area (Å²) in [6.45, 7) is 1.77. The molecule has 0 unspecified atom stereocenters. The predicted molar refractivity (Wildman–Crippen MR) is 66.0 cm³/mol. The molecule has 2 heterocycles. The molecule has 0 fully saturated rings. The van der Waals surface area contributed by atoms with Gasteiger partial charge in [0.1, 0.15) is 5.82 Å². The van der Waals surface area contributed by atoms with Crippen LogP contribution in [0, 0.1) is 6.92 Å². The fourth-order valence-corrected chi connectivity index (χ4v) is 1.91. The molecule has 4 nitrogen and oxygen atoms in total. The molecule has 0 bridgehead atoms. The van der Waals surface area contributed by atoms with Crippen LogP contribution in [0.25, 0.3) is 17.0 Å². The highest BCUT2D eigenvalue weighted by atomic mass is 19.4. The van der Waals surface area contributed by atoms with Crippen molar-refractivity contribution >= 4 is 5.78 Å². The van der Waals surface area contributed by atoms with Gasteiger partial charge in [-0.25, -0.2) is 4.98 Å². The maximum Gasteiger partial charge on any atom is 0.416 e. The van der Waals surface area contributed by atoms with Gasteiger partial charge in [0.05, 0.1) is 11.3 Å². The smallest absolute Gasteiger partial charge is 0.271 e. The van der Waals surface area contributed by atoms with E-state index in [1.807, 2.05) is 0 Å². The molecule has 20 heavy (non-hydrogen) atoms. The normalized spacial score (nSPS) is 12.0. The number of rotatable bonds is 1. The molecule has 0 amide bonds. The van der Waals surface area contributed by atoms with Crippen LogP contribution in [0.4, 0.5) is 13.2 Å². The van der Waals surface area contributed by atoms with Crippen molar-refractivity contribution in [3.05, 3.63) is 47.9 Å². The van der Waals surface area contributed by atoms with Crippen molar-refractivity contribution in [1.82, 2.24) is 19.6 Å². The molecule has 0 aliphatic rings. The van der Waals surface area contributed by atoms with E-state index in [4.69, 9.17) is 0 Å². The molecule has 0 radical (unpaired) electrons. The fourth-order valence-electron chi connectivity index (χ4n) is 1.91. The van der Waals surface area contributed by atoms with Gasteiger partial charge in [0, 0.05) is 11.8 Å². The number of aromatic nitrogens is 4. The van der Waals surface area contributed by atoms with E-state index in [0.29, 0.717) is 22.9 Å². The summed E-state index contributed by atoms with van der Waals surface area (Å²) in [5, 5.41) is 7.71. The molecule has 0 saturated carbocycles. The Morgan fingerprint density at radius 3 is 2.65 bits per heavy atom. The van der Waals surface area contributed by atoms with Crippen LogP contribution in [0.2, 0.25) is 0 Å². The Morgan fingerprint density at radius 1 is 1.10 bits per heavy atom. The summed E-state index contributed by atoms with van der Waals surface area (Å²) in [6, 6.07) is 6.68. The molecule has 3 rings (SSSR count). The molecule has 0 spiro atoms. The highest BCUT2D eigenvalue weighted by Crippen LogP contribution is 2.31. The van der Waals surface area contributed by atoms with Gasteiger partial charge in [-0.15, -0.1) is 10.2 Å². The van der Waals surface area contributed by atoms with Crippen molar-refractivity contribution in [2.24, 2.45) is 0 Å². The molecule has 0 aliphatic heterocycles. The van der Waals surface area contributed by atoms with E-state index in [9.17, 15) is 13.2 Å².